The highest BCUT2D eigenvalue weighted by atomic mass is 16.5. The van der Waals surface area contributed by atoms with Gasteiger partial charge in [-0.3, -0.25) is 19.9 Å². The van der Waals surface area contributed by atoms with Gasteiger partial charge in [0.25, 0.3) is 0 Å². The predicted molar refractivity (Wildman–Crippen MR) is 116 cm³/mol. The molecular weight excluding hydrogens is 378 g/mol. The lowest BCUT2D eigenvalue weighted by Crippen LogP contribution is -2.35. The molecule has 6 heteroatoms. The van der Waals surface area contributed by atoms with Gasteiger partial charge < -0.3 is 10.5 Å². The van der Waals surface area contributed by atoms with Gasteiger partial charge in [-0.1, -0.05) is 30.3 Å². The second-order valence-electron chi connectivity index (χ2n) is 8.12. The van der Waals surface area contributed by atoms with E-state index in [2.05, 4.69) is 28.5 Å². The van der Waals surface area contributed by atoms with Gasteiger partial charge in [-0.15, -0.1) is 0 Å². The highest BCUT2D eigenvalue weighted by Gasteiger charge is 2.31. The van der Waals surface area contributed by atoms with Crippen molar-refractivity contribution in [3.63, 3.8) is 0 Å². The Kier molecular flexibility index (Phi) is 5.68. The van der Waals surface area contributed by atoms with Crippen LogP contribution in [0.1, 0.15) is 64.6 Å². The van der Waals surface area contributed by atoms with Crippen LogP contribution in [0.5, 0.6) is 0 Å². The van der Waals surface area contributed by atoms with E-state index < -0.39 is 6.04 Å². The number of nitrogen functional groups attached to an aromatic ring is 1. The van der Waals surface area contributed by atoms with Crippen LogP contribution in [0.2, 0.25) is 0 Å². The predicted octanol–water partition coefficient (Wildman–Crippen LogP) is 3.75. The fraction of sp³-hybridized carbons (Fsp3) is 0.375. The number of hydrogen-bond donors (Lipinski definition) is 2. The maximum Gasteiger partial charge on any atom is 0.305 e. The number of ketones is 1. The number of ether oxygens (including phenoxy) is 1. The summed E-state index contributed by atoms with van der Waals surface area (Å²) < 4.78 is 4.77. The van der Waals surface area contributed by atoms with Gasteiger partial charge in [-0.05, 0) is 54.9 Å². The number of nitrogens with one attached hydrogen (secondary N) is 1. The molecule has 0 bridgehead atoms. The van der Waals surface area contributed by atoms with Crippen molar-refractivity contribution in [1.29, 1.82) is 0 Å². The molecule has 0 saturated heterocycles. The number of aromatic nitrogens is 1. The zero-order chi connectivity index (χ0) is 21.3. The summed E-state index contributed by atoms with van der Waals surface area (Å²) in [5, 5.41) is 3.30. The van der Waals surface area contributed by atoms with Crippen molar-refractivity contribution in [3.05, 3.63) is 64.5 Å². The molecule has 2 aromatic rings. The van der Waals surface area contributed by atoms with E-state index in [4.69, 9.17) is 10.5 Å². The normalized spacial score (nSPS) is 21.0. The summed E-state index contributed by atoms with van der Waals surface area (Å²) in [6.07, 6.45) is 5.51. The van der Waals surface area contributed by atoms with Crippen LogP contribution >= 0.6 is 0 Å². The Morgan fingerprint density at radius 2 is 2.07 bits per heavy atom. The molecule has 0 amide bonds. The fourth-order valence-corrected chi connectivity index (χ4v) is 4.43. The summed E-state index contributed by atoms with van der Waals surface area (Å²) in [7, 11) is 1.43. The molecule has 1 aliphatic carbocycles. The summed E-state index contributed by atoms with van der Waals surface area (Å²) in [5.74, 6) is 0.183. The molecular formula is C24H27N3O3. The van der Waals surface area contributed by atoms with Crippen LogP contribution in [0, 0.1) is 12.8 Å². The Bertz CT molecular complexity index is 1010. The summed E-state index contributed by atoms with van der Waals surface area (Å²) in [6, 6.07) is 9.50. The number of allylic oxidation sites excluding steroid dienone is 2. The molecule has 156 valence electrons. The number of nitrogens with two attached hydrogens (primary N) is 1. The Balaban J connectivity index is 1.48. The Labute approximate surface area is 176 Å². The number of carbonyl (C=O) groups is 2. The number of hydrogen-bond acceptors (Lipinski definition) is 6. The average molecular weight is 405 g/mol. The van der Waals surface area contributed by atoms with E-state index in [1.807, 2.05) is 19.1 Å². The van der Waals surface area contributed by atoms with Crippen molar-refractivity contribution in [3.8, 4) is 0 Å². The van der Waals surface area contributed by atoms with Gasteiger partial charge in [-0.2, -0.15) is 0 Å². The molecule has 1 aliphatic heterocycles. The molecule has 4 rings (SSSR count). The fourth-order valence-electron chi connectivity index (χ4n) is 4.43. The lowest BCUT2D eigenvalue weighted by molar-refractivity contribution is -0.141. The molecule has 0 saturated carbocycles. The number of esters is 1. The van der Waals surface area contributed by atoms with Crippen LogP contribution in [0.3, 0.4) is 0 Å². The van der Waals surface area contributed by atoms with E-state index in [9.17, 15) is 9.59 Å². The molecule has 0 fully saturated rings. The van der Waals surface area contributed by atoms with Crippen LogP contribution < -0.4 is 11.1 Å². The first-order chi connectivity index (χ1) is 14.5. The molecule has 1 aromatic heterocycles. The first-order valence-corrected chi connectivity index (χ1v) is 10.4. The summed E-state index contributed by atoms with van der Waals surface area (Å²) >= 11 is 0. The average Bonchev–Trinajstić information content (AvgIpc) is 2.74. The minimum absolute atomic E-state index is 0.0310. The van der Waals surface area contributed by atoms with E-state index in [1.54, 1.807) is 6.07 Å². The lowest BCUT2D eigenvalue weighted by Gasteiger charge is -2.26. The number of pyridine rings is 1. The third kappa shape index (κ3) is 4.00. The SMILES string of the molecule is COC(=O)CC1CC=C(c2ccc(C3NCc4nc(C)cc(N)c4C3=O)cc2)CC1. The minimum Gasteiger partial charge on any atom is -0.469 e. The topological polar surface area (TPSA) is 94.3 Å². The monoisotopic (exact) mass is 405 g/mol. The van der Waals surface area contributed by atoms with Gasteiger partial charge >= 0.3 is 5.97 Å². The van der Waals surface area contributed by atoms with Gasteiger partial charge in [-0.25, -0.2) is 0 Å². The summed E-state index contributed by atoms with van der Waals surface area (Å²) in [6.45, 7) is 2.40. The van der Waals surface area contributed by atoms with E-state index in [0.29, 0.717) is 30.1 Å². The second kappa shape index (κ2) is 8.40. The molecule has 2 unspecified atom stereocenters. The number of rotatable bonds is 4. The first-order valence-electron chi connectivity index (χ1n) is 10.4. The van der Waals surface area contributed by atoms with Crippen molar-refractivity contribution in [2.45, 2.75) is 45.2 Å². The summed E-state index contributed by atoms with van der Waals surface area (Å²) in [5.41, 5.74) is 12.1. The molecule has 2 heterocycles. The van der Waals surface area contributed by atoms with Gasteiger partial charge in [0.2, 0.25) is 0 Å². The van der Waals surface area contributed by atoms with E-state index >= 15 is 0 Å². The van der Waals surface area contributed by atoms with Gasteiger partial charge in [0.1, 0.15) is 0 Å². The quantitative estimate of drug-likeness (QED) is 0.753. The van der Waals surface area contributed by atoms with Crippen LogP contribution in [0.4, 0.5) is 5.69 Å². The lowest BCUT2D eigenvalue weighted by atomic mass is 9.84. The van der Waals surface area contributed by atoms with Gasteiger partial charge in [0.15, 0.2) is 5.78 Å². The molecule has 0 radical (unpaired) electrons. The zero-order valence-corrected chi connectivity index (χ0v) is 17.4. The van der Waals surface area contributed by atoms with Crippen LogP contribution in [-0.4, -0.2) is 23.8 Å². The minimum atomic E-state index is -0.414. The van der Waals surface area contributed by atoms with Gasteiger partial charge in [0.05, 0.1) is 24.4 Å². The molecule has 3 N–H and O–H groups in total. The van der Waals surface area contributed by atoms with Crippen molar-refractivity contribution in [2.24, 2.45) is 5.92 Å². The zero-order valence-electron chi connectivity index (χ0n) is 17.4. The molecule has 0 spiro atoms. The highest BCUT2D eigenvalue weighted by Crippen LogP contribution is 2.34. The second-order valence-corrected chi connectivity index (χ2v) is 8.12. The molecule has 2 atom stereocenters. The molecule has 1 aromatic carbocycles. The number of benzene rings is 1. The number of anilines is 1. The number of nitrogens with zero attached hydrogens (tertiary/aromatic N) is 1. The van der Waals surface area contributed by atoms with Crippen LogP contribution in [-0.2, 0) is 16.1 Å². The smallest absolute Gasteiger partial charge is 0.305 e. The maximum atomic E-state index is 13.1. The number of Topliss-reactive ketones (excluding diaryl/α,β-unsaturated/α-hetero) is 1. The van der Waals surface area contributed by atoms with Crippen molar-refractivity contribution in [2.75, 3.05) is 12.8 Å². The Morgan fingerprint density at radius 3 is 2.73 bits per heavy atom. The van der Waals surface area contributed by atoms with E-state index in [0.717, 1.165) is 41.8 Å². The first kappa shape index (κ1) is 20.3. The highest BCUT2D eigenvalue weighted by molar-refractivity contribution is 6.06. The number of aryl methyl sites for hydroxylation is 1. The molecule has 2 aliphatic rings. The standard InChI is InChI=1S/C24H27N3O3/c1-14-11-19(25)22-20(27-14)13-26-23(24(22)29)18-9-7-17(8-10-18)16-5-3-15(4-6-16)12-21(28)30-2/h5,7-11,15,23,26H,3-4,6,12-13H2,1-2H3,(H2,25,27). The third-order valence-corrected chi connectivity index (χ3v) is 6.05. The van der Waals surface area contributed by atoms with Crippen LogP contribution in [0.25, 0.3) is 5.57 Å². The number of methoxy groups -OCH3 is 1. The van der Waals surface area contributed by atoms with Crippen LogP contribution in [0.15, 0.2) is 36.4 Å². The maximum absolute atomic E-state index is 13.1. The molecule has 6 nitrogen and oxygen atoms in total. The Hall–Kier alpha value is -2.99. The Morgan fingerprint density at radius 1 is 1.30 bits per heavy atom. The number of fused-ring (bicyclic) bond motifs is 1. The third-order valence-electron chi connectivity index (χ3n) is 6.05. The van der Waals surface area contributed by atoms with Crippen molar-refractivity contribution >= 4 is 23.0 Å². The largest absolute Gasteiger partial charge is 0.469 e. The van der Waals surface area contributed by atoms with E-state index in [1.165, 1.54) is 12.7 Å². The van der Waals surface area contributed by atoms with Crippen molar-refractivity contribution in [1.82, 2.24) is 10.3 Å². The summed E-state index contributed by atoms with van der Waals surface area (Å²) in [4.78, 5) is 29.0. The van der Waals surface area contributed by atoms with Gasteiger partial charge in [0, 0.05) is 24.3 Å². The van der Waals surface area contributed by atoms with E-state index in [-0.39, 0.29) is 11.8 Å². The van der Waals surface area contributed by atoms with Crippen molar-refractivity contribution < 1.29 is 14.3 Å². The molecule has 30 heavy (non-hydrogen) atoms. The number of carbonyl (C=O) groups excluding carboxylic acids is 2.